The summed E-state index contributed by atoms with van der Waals surface area (Å²) >= 11 is 0. The zero-order valence-electron chi connectivity index (χ0n) is 26.0. The Labute approximate surface area is 246 Å². The van der Waals surface area contributed by atoms with Crippen molar-refractivity contribution in [2.45, 2.75) is 129 Å². The molecule has 41 heavy (non-hydrogen) atoms. The average molecular weight is 589 g/mol. The molecular weight excluding hydrogens is 532 g/mol. The summed E-state index contributed by atoms with van der Waals surface area (Å²) in [4.78, 5) is 36.6. The van der Waals surface area contributed by atoms with Crippen molar-refractivity contribution in [2.75, 3.05) is 26.9 Å². The van der Waals surface area contributed by atoms with Crippen molar-refractivity contribution in [1.82, 2.24) is 10.6 Å². The first-order valence-corrected chi connectivity index (χ1v) is 15.0. The minimum absolute atomic E-state index is 0.00769. The molecule has 0 radical (unpaired) electrons. The Bertz CT molecular complexity index is 755. The van der Waals surface area contributed by atoms with Crippen molar-refractivity contribution >= 4 is 18.0 Å². The zero-order chi connectivity index (χ0) is 31.3. The highest BCUT2D eigenvalue weighted by Crippen LogP contribution is 2.17. The van der Waals surface area contributed by atoms with Gasteiger partial charge in [-0.05, 0) is 18.8 Å². The van der Waals surface area contributed by atoms with E-state index < -0.39 is 48.4 Å². The maximum Gasteiger partial charge on any atom is 0.508 e. The van der Waals surface area contributed by atoms with Crippen molar-refractivity contribution in [2.24, 2.45) is 5.41 Å². The molecule has 0 bridgehead atoms. The highest BCUT2D eigenvalue weighted by molar-refractivity contribution is 5.89. The maximum absolute atomic E-state index is 12.6. The zero-order valence-corrected chi connectivity index (χ0v) is 26.0. The molecule has 11 heteroatoms. The monoisotopic (exact) mass is 588 g/mol. The normalized spacial score (nSPS) is 15.5. The van der Waals surface area contributed by atoms with E-state index in [0.717, 1.165) is 26.4 Å². The van der Waals surface area contributed by atoms with E-state index in [1.807, 2.05) is 20.8 Å². The van der Waals surface area contributed by atoms with Crippen molar-refractivity contribution in [3.63, 3.8) is 0 Å². The van der Waals surface area contributed by atoms with Gasteiger partial charge in [0.1, 0.15) is 31.0 Å². The van der Waals surface area contributed by atoms with Gasteiger partial charge in [0.05, 0.1) is 13.2 Å². The van der Waals surface area contributed by atoms with Gasteiger partial charge in [-0.3, -0.25) is 9.59 Å². The summed E-state index contributed by atoms with van der Waals surface area (Å²) in [5.41, 5.74) is -0.260. The second-order valence-electron chi connectivity index (χ2n) is 11.5. The van der Waals surface area contributed by atoms with Gasteiger partial charge in [-0.1, -0.05) is 97.6 Å². The predicted octanol–water partition coefficient (Wildman–Crippen LogP) is 3.38. The summed E-state index contributed by atoms with van der Waals surface area (Å²) < 4.78 is 15.0. The van der Waals surface area contributed by atoms with Crippen LogP contribution >= 0.6 is 0 Å². The van der Waals surface area contributed by atoms with Crippen molar-refractivity contribution in [1.29, 1.82) is 0 Å². The number of amides is 2. The maximum atomic E-state index is 12.6. The van der Waals surface area contributed by atoms with Crippen LogP contribution in [-0.2, 0) is 23.8 Å². The van der Waals surface area contributed by atoms with Crippen molar-refractivity contribution in [3.05, 3.63) is 12.2 Å². The summed E-state index contributed by atoms with van der Waals surface area (Å²) in [5.74, 6) is -1.40. The fourth-order valence-corrected chi connectivity index (χ4v) is 3.89. The molecule has 5 N–H and O–H groups in total. The van der Waals surface area contributed by atoms with Gasteiger partial charge in [-0.15, -0.1) is 0 Å². The van der Waals surface area contributed by atoms with Gasteiger partial charge in [0, 0.05) is 7.11 Å². The second kappa shape index (κ2) is 22.4. The number of methoxy groups -OCH3 is 1. The first kappa shape index (κ1) is 38.8. The number of nitrogens with one attached hydrogen (secondary N) is 2. The van der Waals surface area contributed by atoms with E-state index >= 15 is 0 Å². The Morgan fingerprint density at radius 3 is 1.88 bits per heavy atom. The van der Waals surface area contributed by atoms with Crippen LogP contribution in [0, 0.1) is 5.41 Å². The van der Waals surface area contributed by atoms with E-state index in [1.54, 1.807) is 6.08 Å². The van der Waals surface area contributed by atoms with E-state index in [9.17, 15) is 29.7 Å². The van der Waals surface area contributed by atoms with Gasteiger partial charge in [-0.2, -0.15) is 0 Å². The van der Waals surface area contributed by atoms with Crippen LogP contribution in [0.15, 0.2) is 12.2 Å². The molecule has 11 nitrogen and oxygen atoms in total. The molecule has 0 saturated heterocycles. The minimum atomic E-state index is -1.75. The second-order valence-corrected chi connectivity index (χ2v) is 11.5. The Morgan fingerprint density at radius 1 is 0.805 bits per heavy atom. The lowest BCUT2D eigenvalue weighted by atomic mass is 9.94. The summed E-state index contributed by atoms with van der Waals surface area (Å²) in [6.07, 6.45) is 7.61. The van der Waals surface area contributed by atoms with Crippen molar-refractivity contribution in [3.8, 4) is 0 Å². The number of carbonyl (C=O) groups is 3. The molecule has 0 unspecified atom stereocenters. The number of ether oxygens (including phenoxy) is 3. The predicted molar refractivity (Wildman–Crippen MR) is 157 cm³/mol. The van der Waals surface area contributed by atoms with Gasteiger partial charge >= 0.3 is 6.16 Å². The first-order chi connectivity index (χ1) is 19.3. The Morgan fingerprint density at radius 2 is 1.34 bits per heavy atom. The quantitative estimate of drug-likeness (QED) is 0.0724. The lowest BCUT2D eigenvalue weighted by Crippen LogP contribution is -2.55. The van der Waals surface area contributed by atoms with Gasteiger partial charge in [0.2, 0.25) is 5.91 Å². The molecule has 0 aliphatic carbocycles. The van der Waals surface area contributed by atoms with Crippen LogP contribution in [0.5, 0.6) is 0 Å². The van der Waals surface area contributed by atoms with Crippen LogP contribution < -0.4 is 10.6 Å². The van der Waals surface area contributed by atoms with Gasteiger partial charge in [-0.25, -0.2) is 4.79 Å². The third-order valence-corrected chi connectivity index (χ3v) is 6.41. The molecule has 0 spiro atoms. The molecule has 0 aliphatic heterocycles. The third kappa shape index (κ3) is 19.5. The number of hydrogen-bond donors (Lipinski definition) is 5. The Kier molecular flexibility index (Phi) is 21.2. The number of aliphatic hydroxyl groups excluding tert-OH is 3. The summed E-state index contributed by atoms with van der Waals surface area (Å²) in [7, 11) is 1.16. The van der Waals surface area contributed by atoms with Crippen LogP contribution in [0.2, 0.25) is 0 Å². The van der Waals surface area contributed by atoms with Crippen LogP contribution in [0.3, 0.4) is 0 Å². The lowest BCUT2D eigenvalue weighted by Gasteiger charge is -2.28. The van der Waals surface area contributed by atoms with E-state index in [2.05, 4.69) is 17.6 Å². The van der Waals surface area contributed by atoms with E-state index in [4.69, 9.17) is 14.2 Å². The molecule has 0 saturated carbocycles. The molecule has 0 aromatic heterocycles. The molecule has 0 aromatic rings. The summed E-state index contributed by atoms with van der Waals surface area (Å²) in [6.45, 7) is 9.52. The van der Waals surface area contributed by atoms with Crippen LogP contribution in [0.25, 0.3) is 0 Å². The highest BCUT2D eigenvalue weighted by Gasteiger charge is 2.36. The highest BCUT2D eigenvalue weighted by atomic mass is 16.7. The molecule has 2 amide bonds. The van der Waals surface area contributed by atoms with E-state index in [0.29, 0.717) is 0 Å². The topological polar surface area (TPSA) is 164 Å². The number of rotatable bonds is 22. The smallest absolute Gasteiger partial charge is 0.434 e. The number of hydrogen-bond acceptors (Lipinski definition) is 9. The van der Waals surface area contributed by atoms with Crippen molar-refractivity contribution < 1.29 is 43.9 Å². The molecule has 0 rings (SSSR count). The number of allylic oxidation sites excluding steroid dienone is 1. The van der Waals surface area contributed by atoms with Gasteiger partial charge in [0.15, 0.2) is 6.10 Å². The van der Waals surface area contributed by atoms with Gasteiger partial charge in [0.25, 0.3) is 5.91 Å². The van der Waals surface area contributed by atoms with Crippen LogP contribution in [0.1, 0.15) is 98.8 Å². The number of carbonyl (C=O) groups excluding carboxylic acids is 3. The molecule has 0 heterocycles. The first-order valence-electron chi connectivity index (χ1n) is 15.0. The minimum Gasteiger partial charge on any atom is -0.434 e. The summed E-state index contributed by atoms with van der Waals surface area (Å²) in [5, 5.41) is 35.7. The molecule has 240 valence electrons. The molecule has 0 aliphatic rings. The molecular formula is C30H56N2O9. The summed E-state index contributed by atoms with van der Waals surface area (Å²) in [6, 6.07) is -1.02. The fourth-order valence-electron chi connectivity index (χ4n) is 3.89. The van der Waals surface area contributed by atoms with Crippen LogP contribution in [-0.4, -0.2) is 90.6 Å². The molecule has 5 atom stereocenters. The standard InChI is InChI=1S/C30H56N2O9/c1-7-8-9-10-11-12-13-14-15-16-20-40-29(38)41-21-19-31-27(36)22(2)32-28(37)26(39-6)25(35)24(34)23(33)17-18-30(3,4)5/h17-18,22-26,33-35H,7-16,19-21H2,1-6H3,(H,31,36)(H,32,37)/b18-17+/t22-,23+,24-,25+,26+/m0/s1. The molecule has 0 fully saturated rings. The lowest BCUT2D eigenvalue weighted by molar-refractivity contribution is -0.150. The Hall–Kier alpha value is -2.21. The number of aliphatic hydroxyl groups is 3. The van der Waals surface area contributed by atoms with Crippen LogP contribution in [0.4, 0.5) is 4.79 Å². The SMILES string of the molecule is CCCCCCCCCCCCOC(=O)OCCNC(=O)[C@H](C)NC(=O)[C@H](OC)[C@H](O)[C@@H](O)[C@H](O)/C=C/C(C)(C)C. The molecule has 0 aromatic carbocycles. The largest absolute Gasteiger partial charge is 0.508 e. The van der Waals surface area contributed by atoms with Gasteiger partial charge < -0.3 is 40.2 Å². The van der Waals surface area contributed by atoms with E-state index in [1.165, 1.54) is 57.9 Å². The third-order valence-electron chi connectivity index (χ3n) is 6.41. The fraction of sp³-hybridized carbons (Fsp3) is 0.833. The number of unbranched alkanes of at least 4 members (excludes halogenated alkanes) is 9. The average Bonchev–Trinajstić information content (AvgIpc) is 2.91. The Balaban J connectivity index is 4.19. The van der Waals surface area contributed by atoms with E-state index in [-0.39, 0.29) is 25.2 Å².